The fourth-order valence-corrected chi connectivity index (χ4v) is 4.68. The molecule has 3 aromatic carbocycles. The largest absolute Gasteiger partial charge is 0.484 e. The van der Waals surface area contributed by atoms with Crippen LogP contribution in [0.3, 0.4) is 0 Å². The van der Waals surface area contributed by atoms with E-state index in [0.717, 1.165) is 29.5 Å². The zero-order valence-electron chi connectivity index (χ0n) is 21.6. The van der Waals surface area contributed by atoms with Crippen LogP contribution in [0.25, 0.3) is 0 Å². The van der Waals surface area contributed by atoms with Crippen LogP contribution >= 0.6 is 23.2 Å². The summed E-state index contributed by atoms with van der Waals surface area (Å²) in [7, 11) is 0. The molecule has 3 rings (SSSR count). The molecule has 0 spiro atoms. The Hall–Kier alpha value is -3.02. The van der Waals surface area contributed by atoms with Crippen molar-refractivity contribution in [2.45, 2.75) is 52.6 Å². The molecule has 0 aliphatic rings. The van der Waals surface area contributed by atoms with Gasteiger partial charge in [0.15, 0.2) is 6.61 Å². The third-order valence-electron chi connectivity index (χ3n) is 6.05. The first kappa shape index (κ1) is 28.5. The molecule has 5 nitrogen and oxygen atoms in total. The summed E-state index contributed by atoms with van der Waals surface area (Å²) in [6, 6.07) is 19.9. The van der Waals surface area contributed by atoms with E-state index in [2.05, 4.69) is 12.2 Å². The van der Waals surface area contributed by atoms with Crippen LogP contribution in [0.2, 0.25) is 10.0 Å². The van der Waals surface area contributed by atoms with Gasteiger partial charge in [-0.05, 0) is 61.2 Å². The highest BCUT2D eigenvalue weighted by atomic mass is 35.5. The van der Waals surface area contributed by atoms with Crippen LogP contribution in [0, 0.1) is 13.8 Å². The van der Waals surface area contributed by atoms with Crippen molar-refractivity contribution in [3.05, 3.63) is 99.0 Å². The van der Waals surface area contributed by atoms with E-state index in [0.29, 0.717) is 34.3 Å². The minimum absolute atomic E-state index is 0.0756. The van der Waals surface area contributed by atoms with Crippen LogP contribution in [0.5, 0.6) is 5.75 Å². The Morgan fingerprint density at radius 3 is 2.22 bits per heavy atom. The first-order valence-corrected chi connectivity index (χ1v) is 13.3. The number of unbranched alkanes of at least 4 members (excludes halogenated alkanes) is 1. The van der Waals surface area contributed by atoms with E-state index in [-0.39, 0.29) is 25.0 Å². The summed E-state index contributed by atoms with van der Waals surface area (Å²) in [6.45, 7) is 6.40. The summed E-state index contributed by atoms with van der Waals surface area (Å²) in [5, 5.41) is 3.87. The van der Waals surface area contributed by atoms with Crippen molar-refractivity contribution in [2.24, 2.45) is 0 Å². The van der Waals surface area contributed by atoms with Gasteiger partial charge in [-0.3, -0.25) is 9.59 Å². The minimum atomic E-state index is -0.776. The number of rotatable bonds is 12. The summed E-state index contributed by atoms with van der Waals surface area (Å²) < 4.78 is 5.90. The van der Waals surface area contributed by atoms with Gasteiger partial charge in [0, 0.05) is 35.1 Å². The predicted octanol–water partition coefficient (Wildman–Crippen LogP) is 6.55. The molecule has 0 aliphatic carbocycles. The second-order valence-corrected chi connectivity index (χ2v) is 10.00. The molecule has 0 bridgehead atoms. The molecule has 7 heteroatoms. The quantitative estimate of drug-likeness (QED) is 0.265. The van der Waals surface area contributed by atoms with Gasteiger partial charge in [0.2, 0.25) is 5.91 Å². The van der Waals surface area contributed by atoms with Gasteiger partial charge >= 0.3 is 0 Å². The Bertz CT molecular complexity index is 1160. The van der Waals surface area contributed by atoms with Gasteiger partial charge in [0.05, 0.1) is 0 Å². The third-order valence-corrected chi connectivity index (χ3v) is 6.76. The lowest BCUT2D eigenvalue weighted by Gasteiger charge is -2.32. The maximum absolute atomic E-state index is 13.7. The standard InChI is InChI=1S/C30H34Cl2N2O3/c1-4-5-14-33-30(36)28(18-23-10-7-6-8-11-23)34(19-25-26(31)12-9-13-27(25)32)29(35)20-37-24-16-21(2)15-22(3)17-24/h6-13,15-17,28H,4-5,14,18-20H2,1-3H3,(H,33,36)/t28-/m0/s1. The molecule has 0 heterocycles. The number of ether oxygens (including phenoxy) is 1. The maximum Gasteiger partial charge on any atom is 0.261 e. The van der Waals surface area contributed by atoms with E-state index in [9.17, 15) is 9.59 Å². The van der Waals surface area contributed by atoms with E-state index in [1.165, 1.54) is 4.90 Å². The van der Waals surface area contributed by atoms with Crippen LogP contribution in [0.15, 0.2) is 66.7 Å². The zero-order chi connectivity index (χ0) is 26.8. The second-order valence-electron chi connectivity index (χ2n) is 9.18. The first-order chi connectivity index (χ1) is 17.8. The molecular formula is C30H34Cl2N2O3. The summed E-state index contributed by atoms with van der Waals surface area (Å²) in [5.41, 5.74) is 3.61. The Morgan fingerprint density at radius 1 is 0.946 bits per heavy atom. The van der Waals surface area contributed by atoms with Crippen LogP contribution in [-0.4, -0.2) is 35.9 Å². The van der Waals surface area contributed by atoms with E-state index in [4.69, 9.17) is 27.9 Å². The highest BCUT2D eigenvalue weighted by molar-refractivity contribution is 6.36. The smallest absolute Gasteiger partial charge is 0.261 e. The van der Waals surface area contributed by atoms with E-state index >= 15 is 0 Å². The average Bonchev–Trinajstić information content (AvgIpc) is 2.86. The lowest BCUT2D eigenvalue weighted by molar-refractivity contribution is -0.142. The van der Waals surface area contributed by atoms with Gasteiger partial charge in [0.1, 0.15) is 11.8 Å². The summed E-state index contributed by atoms with van der Waals surface area (Å²) in [4.78, 5) is 28.7. The van der Waals surface area contributed by atoms with Crippen molar-refractivity contribution < 1.29 is 14.3 Å². The molecule has 0 aliphatic heterocycles. The number of halogens is 2. The van der Waals surface area contributed by atoms with E-state index < -0.39 is 6.04 Å². The summed E-state index contributed by atoms with van der Waals surface area (Å²) in [5.74, 6) is 0.0514. The number of benzene rings is 3. The molecular weight excluding hydrogens is 507 g/mol. The molecule has 0 aromatic heterocycles. The fraction of sp³-hybridized carbons (Fsp3) is 0.333. The SMILES string of the molecule is CCCCNC(=O)[C@H](Cc1ccccc1)N(Cc1c(Cl)cccc1Cl)C(=O)COc1cc(C)cc(C)c1. The van der Waals surface area contributed by atoms with Crippen molar-refractivity contribution in [2.75, 3.05) is 13.2 Å². The van der Waals surface area contributed by atoms with Gasteiger partial charge in [-0.2, -0.15) is 0 Å². The number of amides is 2. The fourth-order valence-electron chi connectivity index (χ4n) is 4.16. The van der Waals surface area contributed by atoms with Crippen LogP contribution in [0.1, 0.15) is 42.0 Å². The zero-order valence-corrected chi connectivity index (χ0v) is 23.1. The maximum atomic E-state index is 13.7. The molecule has 3 aromatic rings. The number of carbonyl (C=O) groups is 2. The normalized spacial score (nSPS) is 11.6. The third kappa shape index (κ3) is 8.51. The summed E-state index contributed by atoms with van der Waals surface area (Å²) >= 11 is 13.0. The van der Waals surface area contributed by atoms with Gasteiger partial charge in [0.25, 0.3) is 5.91 Å². The number of carbonyl (C=O) groups excluding carboxylic acids is 2. The van der Waals surface area contributed by atoms with Crippen molar-refractivity contribution >= 4 is 35.0 Å². The second kappa shape index (κ2) is 14.1. The molecule has 0 fully saturated rings. The van der Waals surface area contributed by atoms with Crippen LogP contribution in [-0.2, 0) is 22.6 Å². The minimum Gasteiger partial charge on any atom is -0.484 e. The lowest BCUT2D eigenvalue weighted by Crippen LogP contribution is -2.52. The monoisotopic (exact) mass is 540 g/mol. The van der Waals surface area contributed by atoms with Crippen LogP contribution in [0.4, 0.5) is 0 Å². The van der Waals surface area contributed by atoms with E-state index in [1.54, 1.807) is 18.2 Å². The summed E-state index contributed by atoms with van der Waals surface area (Å²) in [6.07, 6.45) is 2.14. The van der Waals surface area contributed by atoms with Gasteiger partial charge in [-0.1, -0.05) is 79.0 Å². The number of aryl methyl sites for hydroxylation is 2. The van der Waals surface area contributed by atoms with Crippen molar-refractivity contribution in [3.8, 4) is 5.75 Å². The predicted molar refractivity (Wildman–Crippen MR) is 150 cm³/mol. The topological polar surface area (TPSA) is 58.6 Å². The lowest BCUT2D eigenvalue weighted by atomic mass is 10.0. The molecule has 196 valence electrons. The van der Waals surface area contributed by atoms with Gasteiger partial charge in [-0.15, -0.1) is 0 Å². The molecule has 1 atom stereocenters. The van der Waals surface area contributed by atoms with Crippen molar-refractivity contribution in [1.29, 1.82) is 0 Å². The number of hydrogen-bond donors (Lipinski definition) is 1. The molecule has 1 N–H and O–H groups in total. The number of nitrogens with zero attached hydrogens (tertiary/aromatic N) is 1. The van der Waals surface area contributed by atoms with Gasteiger partial charge in [-0.25, -0.2) is 0 Å². The molecule has 0 unspecified atom stereocenters. The Kier molecular flexibility index (Phi) is 10.8. The van der Waals surface area contributed by atoms with E-state index in [1.807, 2.05) is 62.4 Å². The highest BCUT2D eigenvalue weighted by Crippen LogP contribution is 2.27. The molecule has 2 amide bonds. The number of hydrogen-bond acceptors (Lipinski definition) is 3. The van der Waals surface area contributed by atoms with Gasteiger partial charge < -0.3 is 15.0 Å². The average molecular weight is 542 g/mol. The van der Waals surface area contributed by atoms with Crippen molar-refractivity contribution in [1.82, 2.24) is 10.2 Å². The van der Waals surface area contributed by atoms with Crippen LogP contribution < -0.4 is 10.1 Å². The Labute approximate surface area is 229 Å². The first-order valence-electron chi connectivity index (χ1n) is 12.5. The molecule has 0 radical (unpaired) electrons. The highest BCUT2D eigenvalue weighted by Gasteiger charge is 2.31. The Morgan fingerprint density at radius 2 is 1.59 bits per heavy atom. The molecule has 37 heavy (non-hydrogen) atoms. The number of nitrogens with one attached hydrogen (secondary N) is 1. The Balaban J connectivity index is 1.94. The van der Waals surface area contributed by atoms with Crippen molar-refractivity contribution in [3.63, 3.8) is 0 Å². The molecule has 0 saturated carbocycles. The molecule has 0 saturated heterocycles.